The Kier molecular flexibility index (Phi) is 8.99. The van der Waals surface area contributed by atoms with E-state index in [-0.39, 0.29) is 0 Å². The first kappa shape index (κ1) is 32.7. The fourth-order valence-electron chi connectivity index (χ4n) is 7.34. The van der Waals surface area contributed by atoms with Crippen molar-refractivity contribution in [3.8, 4) is 11.1 Å². The summed E-state index contributed by atoms with van der Waals surface area (Å²) in [5, 5.41) is 4.98. The van der Waals surface area contributed by atoms with Crippen molar-refractivity contribution in [3.63, 3.8) is 0 Å². The molecule has 0 N–H and O–H groups in total. The first-order chi connectivity index (χ1) is 26.8. The Bertz CT molecular complexity index is 2630. The molecule has 0 atom stereocenters. The molecule has 0 amide bonds. The van der Waals surface area contributed by atoms with Crippen molar-refractivity contribution in [3.05, 3.63) is 230 Å². The molecule has 256 valence electrons. The molecule has 9 rings (SSSR count). The number of para-hydroxylation sites is 3. The number of hydrogen-bond acceptors (Lipinski definition) is 2. The number of benzene rings is 9. The summed E-state index contributed by atoms with van der Waals surface area (Å²) < 4.78 is 0. The van der Waals surface area contributed by atoms with Crippen LogP contribution >= 0.6 is 0 Å². The zero-order valence-corrected chi connectivity index (χ0v) is 29.8. The van der Waals surface area contributed by atoms with Gasteiger partial charge in [-0.15, -0.1) is 0 Å². The lowest BCUT2D eigenvalue weighted by Crippen LogP contribution is -2.10. The average Bonchev–Trinajstić information content (AvgIpc) is 3.25. The Labute approximate surface area is 317 Å². The normalized spacial score (nSPS) is 11.3. The SMILES string of the molecule is C(=Cc1ccc(N(c2ccccc2)c2ccccc2)cc1)c1ccc(-c2ccc(N(c3ccccc3)c3cc4ccccc4c4ccccc34)cc2)cc1. The summed E-state index contributed by atoms with van der Waals surface area (Å²) in [5.41, 5.74) is 11.5. The third kappa shape index (κ3) is 6.65. The van der Waals surface area contributed by atoms with Gasteiger partial charge in [-0.1, -0.05) is 164 Å². The summed E-state index contributed by atoms with van der Waals surface area (Å²) in [6, 6.07) is 77.9. The lowest BCUT2D eigenvalue weighted by molar-refractivity contribution is 1.28. The molecule has 0 aliphatic rings. The Morgan fingerprint density at radius 1 is 0.278 bits per heavy atom. The molecule has 9 aromatic rings. The van der Waals surface area contributed by atoms with Crippen molar-refractivity contribution in [1.29, 1.82) is 0 Å². The van der Waals surface area contributed by atoms with Gasteiger partial charge in [0.15, 0.2) is 0 Å². The second-order valence-electron chi connectivity index (χ2n) is 13.4. The number of hydrogen-bond donors (Lipinski definition) is 0. The van der Waals surface area contributed by atoms with Gasteiger partial charge in [0.25, 0.3) is 0 Å². The standard InChI is InChI=1S/C52H38N2/c1-4-15-44(16-5-1)53(45-17-6-2-7-18-45)47-34-28-40(29-35-47)25-24-39-26-30-41(31-27-39)42-32-36-48(37-33-42)54(46-19-8-3-9-20-46)52-38-43-14-10-11-21-49(43)50-22-12-13-23-51(50)52/h1-38H. The molecule has 0 saturated heterocycles. The molecular weight excluding hydrogens is 653 g/mol. The van der Waals surface area contributed by atoms with Crippen molar-refractivity contribution in [2.75, 3.05) is 9.80 Å². The molecule has 0 spiro atoms. The van der Waals surface area contributed by atoms with Gasteiger partial charge in [-0.2, -0.15) is 0 Å². The fourth-order valence-corrected chi connectivity index (χ4v) is 7.34. The van der Waals surface area contributed by atoms with E-state index in [0.717, 1.165) is 39.6 Å². The summed E-state index contributed by atoms with van der Waals surface area (Å²) in [4.78, 5) is 4.66. The predicted octanol–water partition coefficient (Wildman–Crippen LogP) is 14.8. The number of fused-ring (bicyclic) bond motifs is 3. The highest BCUT2D eigenvalue weighted by molar-refractivity contribution is 6.14. The summed E-state index contributed by atoms with van der Waals surface area (Å²) in [6.45, 7) is 0. The van der Waals surface area contributed by atoms with Gasteiger partial charge >= 0.3 is 0 Å². The Hall–Kier alpha value is -7.16. The molecule has 0 fully saturated rings. The molecule has 0 aromatic heterocycles. The topological polar surface area (TPSA) is 6.48 Å². The van der Waals surface area contributed by atoms with Crippen LogP contribution in [0.5, 0.6) is 0 Å². The maximum atomic E-state index is 2.37. The lowest BCUT2D eigenvalue weighted by Gasteiger charge is -2.27. The monoisotopic (exact) mass is 690 g/mol. The average molecular weight is 691 g/mol. The maximum Gasteiger partial charge on any atom is 0.0546 e. The lowest BCUT2D eigenvalue weighted by atomic mass is 9.98. The first-order valence-electron chi connectivity index (χ1n) is 18.4. The van der Waals surface area contributed by atoms with E-state index in [2.05, 4.69) is 240 Å². The van der Waals surface area contributed by atoms with Crippen molar-refractivity contribution in [2.24, 2.45) is 0 Å². The van der Waals surface area contributed by atoms with E-state index < -0.39 is 0 Å². The van der Waals surface area contributed by atoms with Crippen LogP contribution in [0.3, 0.4) is 0 Å². The van der Waals surface area contributed by atoms with E-state index in [9.17, 15) is 0 Å². The molecule has 0 radical (unpaired) electrons. The minimum Gasteiger partial charge on any atom is -0.311 e. The van der Waals surface area contributed by atoms with Gasteiger partial charge in [0, 0.05) is 33.8 Å². The highest BCUT2D eigenvalue weighted by Crippen LogP contribution is 2.42. The zero-order valence-electron chi connectivity index (χ0n) is 29.8. The predicted molar refractivity (Wildman–Crippen MR) is 232 cm³/mol. The maximum absolute atomic E-state index is 2.37. The summed E-state index contributed by atoms with van der Waals surface area (Å²) >= 11 is 0. The molecule has 0 aliphatic heterocycles. The molecule has 0 heterocycles. The van der Waals surface area contributed by atoms with E-state index in [1.54, 1.807) is 0 Å². The fraction of sp³-hybridized carbons (Fsp3) is 0. The van der Waals surface area contributed by atoms with Gasteiger partial charge < -0.3 is 9.80 Å². The minimum atomic E-state index is 1.12. The van der Waals surface area contributed by atoms with E-state index in [1.165, 1.54) is 38.4 Å². The van der Waals surface area contributed by atoms with Gasteiger partial charge in [-0.3, -0.25) is 0 Å². The Morgan fingerprint density at radius 3 is 1.20 bits per heavy atom. The molecule has 0 bridgehead atoms. The summed E-state index contributed by atoms with van der Waals surface area (Å²) in [6.07, 6.45) is 4.36. The second kappa shape index (κ2) is 14.8. The van der Waals surface area contributed by atoms with Crippen LogP contribution in [0, 0.1) is 0 Å². The molecule has 0 saturated carbocycles. The van der Waals surface area contributed by atoms with Crippen molar-refractivity contribution in [2.45, 2.75) is 0 Å². The molecule has 2 heteroatoms. The van der Waals surface area contributed by atoms with Crippen LogP contribution < -0.4 is 9.80 Å². The third-order valence-corrected chi connectivity index (χ3v) is 10.0. The minimum absolute atomic E-state index is 1.12. The van der Waals surface area contributed by atoms with E-state index in [1.807, 2.05) is 0 Å². The smallest absolute Gasteiger partial charge is 0.0546 e. The van der Waals surface area contributed by atoms with Crippen LogP contribution in [0.4, 0.5) is 34.1 Å². The van der Waals surface area contributed by atoms with Gasteiger partial charge in [0.05, 0.1) is 5.69 Å². The largest absolute Gasteiger partial charge is 0.311 e. The van der Waals surface area contributed by atoms with Gasteiger partial charge in [0.1, 0.15) is 0 Å². The van der Waals surface area contributed by atoms with Gasteiger partial charge in [-0.05, 0) is 105 Å². The van der Waals surface area contributed by atoms with E-state index >= 15 is 0 Å². The van der Waals surface area contributed by atoms with Gasteiger partial charge in [0.2, 0.25) is 0 Å². The number of rotatable bonds is 9. The number of anilines is 6. The Balaban J connectivity index is 0.961. The molecule has 54 heavy (non-hydrogen) atoms. The summed E-state index contributed by atoms with van der Waals surface area (Å²) in [7, 11) is 0. The van der Waals surface area contributed by atoms with Crippen molar-refractivity contribution in [1.82, 2.24) is 0 Å². The highest BCUT2D eigenvalue weighted by atomic mass is 15.1. The Morgan fingerprint density at radius 2 is 0.648 bits per heavy atom. The zero-order chi connectivity index (χ0) is 36.1. The van der Waals surface area contributed by atoms with Crippen LogP contribution in [0.15, 0.2) is 218 Å². The molecular formula is C52H38N2. The van der Waals surface area contributed by atoms with Crippen LogP contribution in [-0.2, 0) is 0 Å². The van der Waals surface area contributed by atoms with Crippen molar-refractivity contribution >= 4 is 67.8 Å². The highest BCUT2D eigenvalue weighted by Gasteiger charge is 2.17. The third-order valence-electron chi connectivity index (χ3n) is 10.0. The molecule has 0 aliphatic carbocycles. The second-order valence-corrected chi connectivity index (χ2v) is 13.4. The van der Waals surface area contributed by atoms with Crippen LogP contribution in [0.2, 0.25) is 0 Å². The first-order valence-corrected chi connectivity index (χ1v) is 18.4. The van der Waals surface area contributed by atoms with Gasteiger partial charge in [-0.25, -0.2) is 0 Å². The van der Waals surface area contributed by atoms with Crippen molar-refractivity contribution < 1.29 is 0 Å². The number of nitrogens with zero attached hydrogens (tertiary/aromatic N) is 2. The quantitative estimate of drug-likeness (QED) is 0.110. The summed E-state index contributed by atoms with van der Waals surface area (Å²) in [5.74, 6) is 0. The molecule has 2 nitrogen and oxygen atoms in total. The van der Waals surface area contributed by atoms with Crippen LogP contribution in [0.1, 0.15) is 11.1 Å². The molecule has 0 unspecified atom stereocenters. The van der Waals surface area contributed by atoms with E-state index in [0.29, 0.717) is 0 Å². The van der Waals surface area contributed by atoms with Crippen LogP contribution in [0.25, 0.3) is 44.8 Å². The van der Waals surface area contributed by atoms with E-state index in [4.69, 9.17) is 0 Å². The van der Waals surface area contributed by atoms with Crippen LogP contribution in [-0.4, -0.2) is 0 Å². The molecule has 9 aromatic carbocycles.